The molecule has 0 radical (unpaired) electrons. The van der Waals surface area contributed by atoms with E-state index in [1.165, 1.54) is 5.12 Å². The normalized spacial score (nSPS) is 26.3. The maximum atomic E-state index is 11.1. The van der Waals surface area contributed by atoms with E-state index >= 15 is 0 Å². The molecule has 22 heavy (non-hydrogen) atoms. The largest absolute Gasteiger partial charge is 0.384 e. The predicted octanol–water partition coefficient (Wildman–Crippen LogP) is -0.280. The number of fused-ring (bicyclic) bond motifs is 2. The molecule has 1 amide bonds. The summed E-state index contributed by atoms with van der Waals surface area (Å²) in [7, 11) is 1.65. The molecule has 0 saturated carbocycles. The van der Waals surface area contributed by atoms with Gasteiger partial charge in [0.05, 0.1) is 6.04 Å². The van der Waals surface area contributed by atoms with Crippen LogP contribution >= 0.6 is 0 Å². The van der Waals surface area contributed by atoms with Gasteiger partial charge in [-0.05, 0) is 12.0 Å². The average Bonchev–Trinajstić information content (AvgIpc) is 2.48. The molecule has 1 aromatic carbocycles. The number of benzene rings is 1. The number of hydrazone groups is 1. The van der Waals surface area contributed by atoms with Crippen LogP contribution in [0.5, 0.6) is 0 Å². The number of amidine groups is 1. The molecule has 3 aliphatic heterocycles. The fourth-order valence-electron chi connectivity index (χ4n) is 3.49. The first kappa shape index (κ1) is 14.8. The second kappa shape index (κ2) is 5.94. The Bertz CT molecular complexity index is 548. The van der Waals surface area contributed by atoms with E-state index in [-0.39, 0.29) is 18.1 Å². The Morgan fingerprint density at radius 2 is 2.00 bits per heavy atom. The lowest BCUT2D eigenvalue weighted by Gasteiger charge is -2.56. The zero-order valence-electron chi connectivity index (χ0n) is 12.7. The number of hydrogen-bond acceptors (Lipinski definition) is 5. The third kappa shape index (κ3) is 2.65. The molecule has 2 bridgehead atoms. The molecule has 3 atom stereocenters. The molecule has 0 aromatic heterocycles. The van der Waals surface area contributed by atoms with Crippen molar-refractivity contribution in [3.05, 3.63) is 35.9 Å². The highest BCUT2D eigenvalue weighted by atomic mass is 16.1. The Balaban J connectivity index is 1.85. The van der Waals surface area contributed by atoms with Crippen LogP contribution in [0.1, 0.15) is 18.0 Å². The van der Waals surface area contributed by atoms with E-state index in [1.54, 1.807) is 7.05 Å². The van der Waals surface area contributed by atoms with E-state index in [0.29, 0.717) is 5.84 Å². The third-order valence-corrected chi connectivity index (χ3v) is 4.43. The van der Waals surface area contributed by atoms with Crippen molar-refractivity contribution in [1.82, 2.24) is 14.9 Å². The number of hydrazine groups is 1. The molecule has 4 N–H and O–H groups in total. The summed E-state index contributed by atoms with van der Waals surface area (Å²) in [5.74, 6) is 6.08. The molecule has 3 heterocycles. The van der Waals surface area contributed by atoms with Gasteiger partial charge in [-0.15, -0.1) is 5.10 Å². The zero-order valence-corrected chi connectivity index (χ0v) is 12.7. The van der Waals surface area contributed by atoms with E-state index < -0.39 is 0 Å². The number of amides is 1. The van der Waals surface area contributed by atoms with Gasteiger partial charge in [0.1, 0.15) is 5.84 Å². The van der Waals surface area contributed by atoms with Crippen LogP contribution in [0.25, 0.3) is 0 Å². The van der Waals surface area contributed by atoms with Gasteiger partial charge in [-0.25, -0.2) is 11.0 Å². The van der Waals surface area contributed by atoms with Crippen molar-refractivity contribution in [1.29, 1.82) is 0 Å². The van der Waals surface area contributed by atoms with Crippen LogP contribution in [0.4, 0.5) is 0 Å². The molecule has 3 saturated heterocycles. The molecule has 3 aliphatic rings. The van der Waals surface area contributed by atoms with Gasteiger partial charge in [0.25, 0.3) is 0 Å². The van der Waals surface area contributed by atoms with Gasteiger partial charge < -0.3 is 10.6 Å². The van der Waals surface area contributed by atoms with E-state index in [4.69, 9.17) is 11.6 Å². The molecule has 0 spiro atoms. The smallest absolute Gasteiger partial charge is 0.210 e. The lowest BCUT2D eigenvalue weighted by molar-refractivity contribution is -0.140. The van der Waals surface area contributed by atoms with Crippen LogP contribution < -0.4 is 11.6 Å². The number of carbonyl (C=O) groups is 1. The number of carbonyl (C=O) groups excluding carboxylic acids is 1. The molecular weight excluding hydrogens is 280 g/mol. The molecule has 7 heteroatoms. The SMILES string of the molecule is CN(N)/N=C(\N)C(c1ccccc1)N1CC2CC(C1)N2C=O. The number of piperazine rings is 1. The molecule has 4 rings (SSSR count). The monoisotopic (exact) mass is 302 g/mol. The lowest BCUT2D eigenvalue weighted by Crippen LogP contribution is -2.69. The summed E-state index contributed by atoms with van der Waals surface area (Å²) in [5.41, 5.74) is 7.30. The van der Waals surface area contributed by atoms with Crippen LogP contribution in [0.2, 0.25) is 0 Å². The third-order valence-electron chi connectivity index (χ3n) is 4.43. The summed E-state index contributed by atoms with van der Waals surface area (Å²) in [6, 6.07) is 10.5. The van der Waals surface area contributed by atoms with Gasteiger partial charge in [-0.2, -0.15) is 0 Å². The Morgan fingerprint density at radius 1 is 1.36 bits per heavy atom. The molecule has 118 valence electrons. The van der Waals surface area contributed by atoms with Gasteiger partial charge in [0.2, 0.25) is 6.41 Å². The van der Waals surface area contributed by atoms with Crippen molar-refractivity contribution in [3.8, 4) is 0 Å². The molecule has 7 nitrogen and oxygen atoms in total. The van der Waals surface area contributed by atoms with E-state index in [2.05, 4.69) is 10.0 Å². The van der Waals surface area contributed by atoms with Gasteiger partial charge >= 0.3 is 0 Å². The predicted molar refractivity (Wildman–Crippen MR) is 84.4 cm³/mol. The Hall–Kier alpha value is -2.12. The van der Waals surface area contributed by atoms with Crippen LogP contribution in [0, 0.1) is 0 Å². The van der Waals surface area contributed by atoms with Gasteiger partial charge in [0.15, 0.2) is 0 Å². The maximum Gasteiger partial charge on any atom is 0.210 e. The van der Waals surface area contributed by atoms with Crippen molar-refractivity contribution in [2.45, 2.75) is 24.5 Å². The summed E-state index contributed by atoms with van der Waals surface area (Å²) in [4.78, 5) is 15.3. The Morgan fingerprint density at radius 3 is 2.55 bits per heavy atom. The molecular formula is C15H22N6O. The minimum absolute atomic E-state index is 0.119. The van der Waals surface area contributed by atoms with Crippen molar-refractivity contribution < 1.29 is 4.79 Å². The van der Waals surface area contributed by atoms with Gasteiger partial charge in [-0.3, -0.25) is 9.69 Å². The van der Waals surface area contributed by atoms with Gasteiger partial charge in [-0.1, -0.05) is 30.3 Å². The maximum absolute atomic E-state index is 11.1. The molecule has 1 aromatic rings. The number of piperidine rings is 1. The second-order valence-electron chi connectivity index (χ2n) is 5.96. The highest BCUT2D eigenvalue weighted by Crippen LogP contribution is 2.35. The minimum atomic E-state index is -0.119. The van der Waals surface area contributed by atoms with Crippen molar-refractivity contribution >= 4 is 12.2 Å². The number of nitrogens with two attached hydrogens (primary N) is 2. The fourth-order valence-corrected chi connectivity index (χ4v) is 3.49. The first-order chi connectivity index (χ1) is 10.6. The summed E-state index contributed by atoms with van der Waals surface area (Å²) >= 11 is 0. The zero-order chi connectivity index (χ0) is 15.7. The van der Waals surface area contributed by atoms with Crippen molar-refractivity contribution in [2.75, 3.05) is 20.1 Å². The van der Waals surface area contributed by atoms with Crippen LogP contribution in [0.15, 0.2) is 35.4 Å². The Kier molecular flexibility index (Phi) is 4.00. The van der Waals surface area contributed by atoms with E-state index in [0.717, 1.165) is 31.5 Å². The van der Waals surface area contributed by atoms with Gasteiger partial charge in [0, 0.05) is 32.2 Å². The summed E-state index contributed by atoms with van der Waals surface area (Å²) in [5, 5.41) is 5.42. The van der Waals surface area contributed by atoms with Crippen LogP contribution in [0.3, 0.4) is 0 Å². The first-order valence-corrected chi connectivity index (χ1v) is 7.44. The summed E-state index contributed by atoms with van der Waals surface area (Å²) < 4.78 is 0. The van der Waals surface area contributed by atoms with Crippen LogP contribution in [-0.4, -0.2) is 59.4 Å². The summed E-state index contributed by atoms with van der Waals surface area (Å²) in [6.45, 7) is 1.61. The Labute approximate surface area is 130 Å². The van der Waals surface area contributed by atoms with E-state index in [1.807, 2.05) is 35.2 Å². The number of nitrogens with zero attached hydrogens (tertiary/aromatic N) is 4. The fraction of sp³-hybridized carbons (Fsp3) is 0.467. The minimum Gasteiger partial charge on any atom is -0.384 e. The topological polar surface area (TPSA) is 91.2 Å². The average molecular weight is 302 g/mol. The second-order valence-corrected chi connectivity index (χ2v) is 5.96. The first-order valence-electron chi connectivity index (χ1n) is 7.44. The number of hydrogen-bond donors (Lipinski definition) is 2. The number of rotatable bonds is 5. The van der Waals surface area contributed by atoms with Crippen molar-refractivity contribution in [2.24, 2.45) is 16.7 Å². The molecule has 3 fully saturated rings. The highest BCUT2D eigenvalue weighted by Gasteiger charge is 2.46. The quantitative estimate of drug-likeness (QED) is 0.257. The molecule has 3 unspecified atom stereocenters. The highest BCUT2D eigenvalue weighted by molar-refractivity contribution is 5.86. The standard InChI is InChI=1S/C15H22N6O/c1-19(17)18-15(16)14(11-5-3-2-4-6-11)20-8-12-7-13(9-20)21(12)10-22/h2-6,10,12-14H,7-9,17H2,1H3,(H2,16,18). The van der Waals surface area contributed by atoms with Crippen LogP contribution in [-0.2, 0) is 4.79 Å². The lowest BCUT2D eigenvalue weighted by atomic mass is 9.86. The van der Waals surface area contributed by atoms with Crippen molar-refractivity contribution in [3.63, 3.8) is 0 Å². The molecule has 0 aliphatic carbocycles. The summed E-state index contributed by atoms with van der Waals surface area (Å²) in [6.07, 6.45) is 2.03. The van der Waals surface area contributed by atoms with E-state index in [9.17, 15) is 4.79 Å².